The molecule has 1 amide bonds. The van der Waals surface area contributed by atoms with Crippen molar-refractivity contribution in [3.63, 3.8) is 0 Å². The summed E-state index contributed by atoms with van der Waals surface area (Å²) in [5.74, 6) is 0.100. The minimum Gasteiger partial charge on any atom is -0.312 e. The summed E-state index contributed by atoms with van der Waals surface area (Å²) < 4.78 is 31.6. The van der Waals surface area contributed by atoms with Crippen molar-refractivity contribution < 1.29 is 17.8 Å². The quantitative estimate of drug-likeness (QED) is 0.775. The molecule has 1 aromatic rings. The molecular formula is C12H13NO4S. The third-order valence-electron chi connectivity index (χ3n) is 3.55. The number of anilines is 1. The predicted molar refractivity (Wildman–Crippen MR) is 65.3 cm³/mol. The van der Waals surface area contributed by atoms with Crippen LogP contribution in [0.1, 0.15) is 24.0 Å². The molecule has 1 aromatic carbocycles. The van der Waals surface area contributed by atoms with Gasteiger partial charge in [0, 0.05) is 13.0 Å². The second-order valence-electron chi connectivity index (χ2n) is 4.71. The van der Waals surface area contributed by atoms with Crippen LogP contribution in [0.4, 0.5) is 5.69 Å². The first-order chi connectivity index (χ1) is 8.47. The first-order valence-electron chi connectivity index (χ1n) is 5.90. The molecule has 0 aromatic heterocycles. The lowest BCUT2D eigenvalue weighted by atomic mass is 9.92. The van der Waals surface area contributed by atoms with Crippen molar-refractivity contribution in [1.82, 2.24) is 0 Å². The minimum atomic E-state index is -4.18. The molecule has 18 heavy (non-hydrogen) atoms. The van der Waals surface area contributed by atoms with Crippen molar-refractivity contribution in [2.75, 3.05) is 11.4 Å². The van der Waals surface area contributed by atoms with Crippen molar-refractivity contribution >= 4 is 21.7 Å². The van der Waals surface area contributed by atoms with Gasteiger partial charge < -0.3 is 4.90 Å². The molecule has 2 aliphatic rings. The summed E-state index contributed by atoms with van der Waals surface area (Å²) in [5, 5.41) is 0. The van der Waals surface area contributed by atoms with E-state index in [-0.39, 0.29) is 10.8 Å². The number of hydrogen-bond donors (Lipinski definition) is 1. The molecule has 0 radical (unpaired) electrons. The molecule has 6 heteroatoms. The van der Waals surface area contributed by atoms with E-state index in [4.69, 9.17) is 4.55 Å². The van der Waals surface area contributed by atoms with E-state index in [2.05, 4.69) is 0 Å². The molecular weight excluding hydrogens is 254 g/mol. The maximum absolute atomic E-state index is 11.8. The summed E-state index contributed by atoms with van der Waals surface area (Å²) in [4.78, 5) is 13.5. The van der Waals surface area contributed by atoms with Crippen LogP contribution in [0.5, 0.6) is 0 Å². The summed E-state index contributed by atoms with van der Waals surface area (Å²) in [5.41, 5.74) is 2.56. The fraction of sp³-hybridized carbons (Fsp3) is 0.417. The molecule has 0 saturated heterocycles. The third kappa shape index (κ3) is 1.72. The number of aryl methyl sites for hydroxylation is 2. The van der Waals surface area contributed by atoms with Crippen LogP contribution in [0.3, 0.4) is 0 Å². The standard InChI is InChI=1S/C12H13NO4S/c14-11-4-3-9-7-10(18(15,16)17)6-8-2-1-5-13(11)12(8)9/h6-7H,1-5H2,(H,15,16,17). The van der Waals surface area contributed by atoms with Crippen molar-refractivity contribution in [2.45, 2.75) is 30.6 Å². The highest BCUT2D eigenvalue weighted by Gasteiger charge is 2.30. The molecule has 0 fully saturated rings. The third-order valence-corrected chi connectivity index (χ3v) is 4.38. The lowest BCUT2D eigenvalue weighted by Gasteiger charge is -2.35. The molecule has 0 spiro atoms. The first-order valence-corrected chi connectivity index (χ1v) is 7.34. The van der Waals surface area contributed by atoms with Gasteiger partial charge in [-0.2, -0.15) is 8.42 Å². The van der Waals surface area contributed by atoms with Gasteiger partial charge in [-0.1, -0.05) is 0 Å². The van der Waals surface area contributed by atoms with E-state index in [1.165, 1.54) is 12.1 Å². The van der Waals surface area contributed by atoms with Crippen molar-refractivity contribution in [3.05, 3.63) is 23.3 Å². The Labute approximate surface area is 105 Å². The van der Waals surface area contributed by atoms with E-state index in [9.17, 15) is 13.2 Å². The number of amides is 1. The van der Waals surface area contributed by atoms with Gasteiger partial charge in [0.25, 0.3) is 10.1 Å². The van der Waals surface area contributed by atoms with Crippen LogP contribution in [0, 0.1) is 0 Å². The zero-order valence-corrected chi connectivity index (χ0v) is 10.5. The van der Waals surface area contributed by atoms with Gasteiger partial charge in [-0.05, 0) is 42.5 Å². The summed E-state index contributed by atoms with van der Waals surface area (Å²) >= 11 is 0. The summed E-state index contributed by atoms with van der Waals surface area (Å²) in [7, 11) is -4.18. The Bertz CT molecular complexity index is 618. The second kappa shape index (κ2) is 3.80. The minimum absolute atomic E-state index is 0.0625. The number of carbonyl (C=O) groups is 1. The predicted octanol–water partition coefficient (Wildman–Crippen LogP) is 1.16. The smallest absolute Gasteiger partial charge is 0.294 e. The van der Waals surface area contributed by atoms with Gasteiger partial charge in [0.15, 0.2) is 0 Å². The second-order valence-corrected chi connectivity index (χ2v) is 6.14. The zero-order chi connectivity index (χ0) is 12.9. The van der Waals surface area contributed by atoms with E-state index in [0.29, 0.717) is 19.4 Å². The van der Waals surface area contributed by atoms with Crippen LogP contribution in [0.15, 0.2) is 17.0 Å². The van der Waals surface area contributed by atoms with Crippen LogP contribution in [-0.4, -0.2) is 25.4 Å². The summed E-state index contributed by atoms with van der Waals surface area (Å²) in [6, 6.07) is 2.97. The van der Waals surface area contributed by atoms with Crippen LogP contribution >= 0.6 is 0 Å². The molecule has 0 aliphatic carbocycles. The summed E-state index contributed by atoms with van der Waals surface area (Å²) in [6.45, 7) is 0.698. The average Bonchev–Trinajstić information content (AvgIpc) is 2.32. The Kier molecular flexibility index (Phi) is 2.46. The molecule has 0 bridgehead atoms. The number of rotatable bonds is 1. The van der Waals surface area contributed by atoms with Gasteiger partial charge in [0.2, 0.25) is 5.91 Å². The van der Waals surface area contributed by atoms with E-state index >= 15 is 0 Å². The lowest BCUT2D eigenvalue weighted by molar-refractivity contribution is -0.119. The Hall–Kier alpha value is -1.40. The molecule has 0 unspecified atom stereocenters. The number of benzene rings is 1. The number of nitrogens with zero attached hydrogens (tertiary/aromatic N) is 1. The molecule has 0 atom stereocenters. The molecule has 0 saturated carbocycles. The topological polar surface area (TPSA) is 74.7 Å². The molecule has 2 aliphatic heterocycles. The normalized spacial score (nSPS) is 18.7. The molecule has 2 heterocycles. The number of hydrogen-bond acceptors (Lipinski definition) is 3. The van der Waals surface area contributed by atoms with E-state index in [1.54, 1.807) is 4.90 Å². The van der Waals surface area contributed by atoms with E-state index in [1.807, 2.05) is 0 Å². The Morgan fingerprint density at radius 2 is 1.78 bits per heavy atom. The Morgan fingerprint density at radius 3 is 2.44 bits per heavy atom. The monoisotopic (exact) mass is 267 g/mol. The van der Waals surface area contributed by atoms with Crippen LogP contribution in [0.2, 0.25) is 0 Å². The van der Waals surface area contributed by atoms with Crippen LogP contribution in [-0.2, 0) is 27.8 Å². The Balaban J connectivity index is 2.24. The van der Waals surface area contributed by atoms with Crippen LogP contribution in [0.25, 0.3) is 0 Å². The van der Waals surface area contributed by atoms with E-state index in [0.717, 1.165) is 29.7 Å². The van der Waals surface area contributed by atoms with Crippen LogP contribution < -0.4 is 4.90 Å². The maximum atomic E-state index is 11.8. The SMILES string of the molecule is O=C1CCc2cc(S(=O)(=O)O)cc3c2N1CCC3. The Morgan fingerprint density at radius 1 is 1.11 bits per heavy atom. The highest BCUT2D eigenvalue weighted by atomic mass is 32.2. The van der Waals surface area contributed by atoms with Crippen molar-refractivity contribution in [1.29, 1.82) is 0 Å². The number of carbonyl (C=O) groups excluding carboxylic acids is 1. The fourth-order valence-electron chi connectivity index (χ4n) is 2.77. The molecule has 96 valence electrons. The van der Waals surface area contributed by atoms with Gasteiger partial charge >= 0.3 is 0 Å². The largest absolute Gasteiger partial charge is 0.312 e. The first kappa shape index (κ1) is 11.7. The maximum Gasteiger partial charge on any atom is 0.294 e. The van der Waals surface area contributed by atoms with E-state index < -0.39 is 10.1 Å². The van der Waals surface area contributed by atoms with Gasteiger partial charge in [0.1, 0.15) is 0 Å². The zero-order valence-electron chi connectivity index (χ0n) is 9.72. The molecule has 3 rings (SSSR count). The fourth-order valence-corrected chi connectivity index (χ4v) is 3.35. The van der Waals surface area contributed by atoms with Crippen molar-refractivity contribution in [2.24, 2.45) is 0 Å². The molecule has 5 nitrogen and oxygen atoms in total. The average molecular weight is 267 g/mol. The van der Waals surface area contributed by atoms with Gasteiger partial charge in [-0.15, -0.1) is 0 Å². The highest BCUT2D eigenvalue weighted by Crippen LogP contribution is 2.37. The summed E-state index contributed by atoms with van der Waals surface area (Å²) in [6.07, 6.45) is 2.52. The highest BCUT2D eigenvalue weighted by molar-refractivity contribution is 7.85. The van der Waals surface area contributed by atoms with Gasteiger partial charge in [0.05, 0.1) is 10.6 Å². The molecule has 1 N–H and O–H groups in total. The van der Waals surface area contributed by atoms with Gasteiger partial charge in [-0.3, -0.25) is 9.35 Å². The van der Waals surface area contributed by atoms with Gasteiger partial charge in [-0.25, -0.2) is 0 Å². The lowest BCUT2D eigenvalue weighted by Crippen LogP contribution is -2.39. The van der Waals surface area contributed by atoms with Crippen molar-refractivity contribution in [3.8, 4) is 0 Å².